The summed E-state index contributed by atoms with van der Waals surface area (Å²) in [5, 5.41) is 25.1. The van der Waals surface area contributed by atoms with Gasteiger partial charge in [-0.1, -0.05) is 17.3 Å². The highest BCUT2D eigenvalue weighted by Gasteiger charge is 2.15. The SMILES string of the molecule is Cc1cc(-c2noc(-c3ccc(C=O)cc3)n2)cc(C)c1OCC(O)CNC(=O)CO. The molecule has 1 amide bonds. The van der Waals surface area contributed by atoms with Crippen molar-refractivity contribution in [2.75, 3.05) is 19.8 Å². The summed E-state index contributed by atoms with van der Waals surface area (Å²) in [6.45, 7) is 3.07. The Hall–Kier alpha value is -3.56. The fourth-order valence-electron chi connectivity index (χ4n) is 3.00. The van der Waals surface area contributed by atoms with Gasteiger partial charge in [-0.05, 0) is 49.2 Å². The summed E-state index contributed by atoms with van der Waals surface area (Å²) >= 11 is 0. The third-order valence-corrected chi connectivity index (χ3v) is 4.54. The average Bonchev–Trinajstić information content (AvgIpc) is 3.27. The summed E-state index contributed by atoms with van der Waals surface area (Å²) in [5.41, 5.74) is 3.66. The van der Waals surface area contributed by atoms with Gasteiger partial charge in [0.05, 0.1) is 0 Å². The van der Waals surface area contributed by atoms with Crippen LogP contribution in [0.5, 0.6) is 5.75 Å². The van der Waals surface area contributed by atoms with Crippen molar-refractivity contribution < 1.29 is 29.1 Å². The van der Waals surface area contributed by atoms with Crippen molar-refractivity contribution in [3.63, 3.8) is 0 Å². The molecule has 0 aliphatic carbocycles. The number of aliphatic hydroxyl groups excluding tert-OH is 2. The van der Waals surface area contributed by atoms with E-state index in [0.717, 1.165) is 23.0 Å². The predicted molar refractivity (Wildman–Crippen MR) is 112 cm³/mol. The number of amides is 1. The minimum Gasteiger partial charge on any atom is -0.490 e. The van der Waals surface area contributed by atoms with Gasteiger partial charge in [0.2, 0.25) is 11.7 Å². The zero-order chi connectivity index (χ0) is 22.4. The first-order valence-corrected chi connectivity index (χ1v) is 9.60. The van der Waals surface area contributed by atoms with Crippen LogP contribution >= 0.6 is 0 Å². The Bertz CT molecular complexity index is 1040. The highest BCUT2D eigenvalue weighted by Crippen LogP contribution is 2.30. The van der Waals surface area contributed by atoms with E-state index in [4.69, 9.17) is 14.4 Å². The van der Waals surface area contributed by atoms with Crippen molar-refractivity contribution in [1.29, 1.82) is 0 Å². The van der Waals surface area contributed by atoms with Gasteiger partial charge in [-0.15, -0.1) is 0 Å². The summed E-state index contributed by atoms with van der Waals surface area (Å²) in [4.78, 5) is 26.3. The molecule has 0 saturated carbocycles. The second kappa shape index (κ2) is 9.96. The van der Waals surface area contributed by atoms with Gasteiger partial charge >= 0.3 is 0 Å². The summed E-state index contributed by atoms with van der Waals surface area (Å²) in [6, 6.07) is 10.5. The minimum atomic E-state index is -0.917. The first-order chi connectivity index (χ1) is 14.9. The van der Waals surface area contributed by atoms with E-state index < -0.39 is 18.6 Å². The van der Waals surface area contributed by atoms with Crippen LogP contribution in [0.2, 0.25) is 0 Å². The molecule has 1 unspecified atom stereocenters. The minimum absolute atomic E-state index is 0.0180. The number of aryl methyl sites for hydroxylation is 2. The molecule has 31 heavy (non-hydrogen) atoms. The number of benzene rings is 2. The van der Waals surface area contributed by atoms with Crippen LogP contribution in [0.4, 0.5) is 0 Å². The lowest BCUT2D eigenvalue weighted by molar-refractivity contribution is -0.124. The molecule has 3 rings (SSSR count). The molecule has 9 heteroatoms. The third-order valence-electron chi connectivity index (χ3n) is 4.54. The Kier molecular flexibility index (Phi) is 7.11. The fraction of sp³-hybridized carbons (Fsp3) is 0.273. The number of hydrogen-bond acceptors (Lipinski definition) is 8. The van der Waals surface area contributed by atoms with E-state index in [-0.39, 0.29) is 13.2 Å². The maximum Gasteiger partial charge on any atom is 0.258 e. The van der Waals surface area contributed by atoms with Crippen molar-refractivity contribution in [2.45, 2.75) is 20.0 Å². The molecule has 0 aliphatic rings. The molecule has 0 fully saturated rings. The molecule has 1 aromatic heterocycles. The molecule has 1 atom stereocenters. The Balaban J connectivity index is 1.70. The highest BCUT2D eigenvalue weighted by molar-refractivity contribution is 5.77. The number of aliphatic hydroxyl groups is 2. The van der Waals surface area contributed by atoms with E-state index in [9.17, 15) is 14.7 Å². The van der Waals surface area contributed by atoms with Crippen LogP contribution in [0, 0.1) is 13.8 Å². The molecule has 9 nitrogen and oxygen atoms in total. The monoisotopic (exact) mass is 425 g/mol. The first kappa shape index (κ1) is 22.1. The highest BCUT2D eigenvalue weighted by atomic mass is 16.5. The zero-order valence-corrected chi connectivity index (χ0v) is 17.2. The summed E-state index contributed by atoms with van der Waals surface area (Å²) in [5.74, 6) is 0.814. The second-order valence-electron chi connectivity index (χ2n) is 7.03. The topological polar surface area (TPSA) is 135 Å². The lowest BCUT2D eigenvalue weighted by Gasteiger charge is -2.16. The predicted octanol–water partition coefficient (Wildman–Crippen LogP) is 1.68. The van der Waals surface area contributed by atoms with Crippen molar-refractivity contribution in [2.24, 2.45) is 0 Å². The maximum absolute atomic E-state index is 11.0. The molecule has 0 radical (unpaired) electrons. The number of nitrogens with one attached hydrogen (secondary N) is 1. The van der Waals surface area contributed by atoms with E-state index in [1.807, 2.05) is 26.0 Å². The van der Waals surface area contributed by atoms with E-state index in [1.165, 1.54) is 0 Å². The molecule has 0 spiro atoms. The van der Waals surface area contributed by atoms with Gasteiger partial charge in [0.15, 0.2) is 0 Å². The smallest absolute Gasteiger partial charge is 0.258 e. The van der Waals surface area contributed by atoms with Crippen LogP contribution in [0.1, 0.15) is 21.5 Å². The summed E-state index contributed by atoms with van der Waals surface area (Å²) in [7, 11) is 0. The van der Waals surface area contributed by atoms with E-state index in [2.05, 4.69) is 15.5 Å². The quantitative estimate of drug-likeness (QED) is 0.441. The van der Waals surface area contributed by atoms with Gasteiger partial charge < -0.3 is 24.8 Å². The number of aldehydes is 1. The van der Waals surface area contributed by atoms with Crippen molar-refractivity contribution in [3.8, 4) is 28.6 Å². The Morgan fingerprint density at radius 1 is 1.19 bits per heavy atom. The third kappa shape index (κ3) is 5.53. The van der Waals surface area contributed by atoms with Crippen molar-refractivity contribution in [1.82, 2.24) is 15.5 Å². The molecule has 162 valence electrons. The van der Waals surface area contributed by atoms with Crippen LogP contribution in [0.15, 0.2) is 40.9 Å². The molecular weight excluding hydrogens is 402 g/mol. The Morgan fingerprint density at radius 2 is 1.87 bits per heavy atom. The molecule has 0 saturated heterocycles. The molecule has 3 aromatic rings. The van der Waals surface area contributed by atoms with Crippen molar-refractivity contribution >= 4 is 12.2 Å². The lowest BCUT2D eigenvalue weighted by atomic mass is 10.1. The molecule has 1 heterocycles. The number of aromatic nitrogens is 2. The molecule has 2 aromatic carbocycles. The number of carbonyl (C=O) groups excluding carboxylic acids is 2. The van der Waals surface area contributed by atoms with E-state index in [1.54, 1.807) is 24.3 Å². The summed E-state index contributed by atoms with van der Waals surface area (Å²) in [6.07, 6.45) is -0.151. The molecular formula is C22H23N3O6. The molecule has 0 bridgehead atoms. The first-order valence-electron chi connectivity index (χ1n) is 9.60. The van der Waals surface area contributed by atoms with Gasteiger partial charge in [0.1, 0.15) is 31.4 Å². The zero-order valence-electron chi connectivity index (χ0n) is 17.2. The van der Waals surface area contributed by atoms with Crippen LogP contribution < -0.4 is 10.1 Å². The fourth-order valence-corrected chi connectivity index (χ4v) is 3.00. The number of nitrogens with zero attached hydrogens (tertiary/aromatic N) is 2. The second-order valence-corrected chi connectivity index (χ2v) is 7.03. The molecule has 0 aliphatic heterocycles. The maximum atomic E-state index is 11.0. The average molecular weight is 425 g/mol. The van der Waals surface area contributed by atoms with Crippen LogP contribution in [0.3, 0.4) is 0 Å². The number of ether oxygens (including phenoxy) is 1. The largest absolute Gasteiger partial charge is 0.490 e. The van der Waals surface area contributed by atoms with E-state index in [0.29, 0.717) is 28.6 Å². The Labute approximate surface area is 178 Å². The standard InChI is InChI=1S/C22H23N3O6/c1-13-7-17(8-14(2)20(13)30-12-18(28)9-23-19(29)11-27)21-24-22(31-25-21)16-5-3-15(10-26)4-6-16/h3-8,10,18,27-28H,9,11-12H2,1-2H3,(H,23,29). The normalized spacial score (nSPS) is 11.7. The van der Waals surface area contributed by atoms with Crippen LogP contribution in [-0.2, 0) is 4.79 Å². The van der Waals surface area contributed by atoms with Gasteiger partial charge in [-0.3, -0.25) is 9.59 Å². The van der Waals surface area contributed by atoms with Crippen molar-refractivity contribution in [3.05, 3.63) is 53.1 Å². The number of hydrogen-bond donors (Lipinski definition) is 3. The number of carbonyl (C=O) groups is 2. The van der Waals surface area contributed by atoms with Gasteiger partial charge in [-0.2, -0.15) is 4.98 Å². The van der Waals surface area contributed by atoms with Gasteiger partial charge in [0, 0.05) is 23.2 Å². The van der Waals surface area contributed by atoms with E-state index >= 15 is 0 Å². The summed E-state index contributed by atoms with van der Waals surface area (Å²) < 4.78 is 11.1. The Morgan fingerprint density at radius 3 is 2.48 bits per heavy atom. The van der Waals surface area contributed by atoms with Crippen LogP contribution in [-0.4, -0.2) is 58.4 Å². The lowest BCUT2D eigenvalue weighted by Crippen LogP contribution is -2.36. The number of rotatable bonds is 9. The molecule has 3 N–H and O–H groups in total. The van der Waals surface area contributed by atoms with Gasteiger partial charge in [0.25, 0.3) is 5.89 Å². The van der Waals surface area contributed by atoms with Crippen LogP contribution in [0.25, 0.3) is 22.8 Å². The van der Waals surface area contributed by atoms with Gasteiger partial charge in [-0.25, -0.2) is 0 Å².